The van der Waals surface area contributed by atoms with Gasteiger partial charge in [-0.25, -0.2) is 0 Å². The van der Waals surface area contributed by atoms with E-state index in [1.54, 1.807) is 0 Å². The standard InChI is InChI=1S/C21H34O5Si/c1-20(2,3)27(6,7)26-16-14-23-19(18-17(16)24-21(4,5)25-18)22-13-15-11-9-8-10-12-15/h8-12,16-19H,13-14H2,1-7H3/t16-,17+,18+,19?/m1/s1. The van der Waals surface area contributed by atoms with E-state index < -0.39 is 20.4 Å². The highest BCUT2D eigenvalue weighted by atomic mass is 28.4. The molecule has 5 nitrogen and oxygen atoms in total. The molecule has 3 rings (SSSR count). The zero-order chi connectivity index (χ0) is 19.9. The van der Waals surface area contributed by atoms with Gasteiger partial charge in [-0.15, -0.1) is 0 Å². The van der Waals surface area contributed by atoms with Crippen LogP contribution < -0.4 is 0 Å². The normalized spacial score (nSPS) is 30.9. The molecular formula is C21H34O5Si. The molecule has 0 bridgehead atoms. The van der Waals surface area contributed by atoms with Crippen molar-refractivity contribution in [1.82, 2.24) is 0 Å². The summed E-state index contributed by atoms with van der Waals surface area (Å²) >= 11 is 0. The van der Waals surface area contributed by atoms with Crippen LogP contribution in [0.4, 0.5) is 0 Å². The molecule has 0 amide bonds. The van der Waals surface area contributed by atoms with Crippen LogP contribution in [0, 0.1) is 0 Å². The highest BCUT2D eigenvalue weighted by molar-refractivity contribution is 6.74. The summed E-state index contributed by atoms with van der Waals surface area (Å²) in [6, 6.07) is 10.1. The first-order valence-corrected chi connectivity index (χ1v) is 12.7. The minimum absolute atomic E-state index is 0.123. The quantitative estimate of drug-likeness (QED) is 0.690. The van der Waals surface area contributed by atoms with Crippen molar-refractivity contribution < 1.29 is 23.4 Å². The lowest BCUT2D eigenvalue weighted by Gasteiger charge is -2.44. The van der Waals surface area contributed by atoms with Gasteiger partial charge in [0.25, 0.3) is 0 Å². The smallest absolute Gasteiger partial charge is 0.192 e. The number of fused-ring (bicyclic) bond motifs is 1. The van der Waals surface area contributed by atoms with Crippen LogP contribution in [-0.2, 0) is 30.0 Å². The number of rotatable bonds is 5. The van der Waals surface area contributed by atoms with Gasteiger partial charge in [-0.1, -0.05) is 51.1 Å². The van der Waals surface area contributed by atoms with Gasteiger partial charge >= 0.3 is 0 Å². The fourth-order valence-corrected chi connectivity index (χ4v) is 4.56. The Morgan fingerprint density at radius 3 is 2.33 bits per heavy atom. The summed E-state index contributed by atoms with van der Waals surface area (Å²) in [5.41, 5.74) is 1.11. The second-order valence-corrected chi connectivity index (χ2v) is 14.2. The Balaban J connectivity index is 1.70. The van der Waals surface area contributed by atoms with Crippen molar-refractivity contribution in [3.8, 4) is 0 Å². The van der Waals surface area contributed by atoms with Gasteiger partial charge in [0.15, 0.2) is 20.4 Å². The van der Waals surface area contributed by atoms with E-state index in [2.05, 4.69) is 33.9 Å². The minimum atomic E-state index is -1.95. The number of hydrogen-bond donors (Lipinski definition) is 0. The summed E-state index contributed by atoms with van der Waals surface area (Å²) < 4.78 is 31.1. The fourth-order valence-electron chi connectivity index (χ4n) is 3.25. The molecule has 0 aliphatic carbocycles. The Hall–Kier alpha value is -0.763. The zero-order valence-electron chi connectivity index (χ0n) is 17.7. The van der Waals surface area contributed by atoms with Crippen molar-refractivity contribution in [2.45, 2.75) is 89.7 Å². The molecule has 6 heteroatoms. The monoisotopic (exact) mass is 394 g/mol. The zero-order valence-corrected chi connectivity index (χ0v) is 18.7. The number of ether oxygens (including phenoxy) is 4. The van der Waals surface area contributed by atoms with Gasteiger partial charge in [0.1, 0.15) is 12.2 Å². The first-order chi connectivity index (χ1) is 12.5. The van der Waals surface area contributed by atoms with Crippen LogP contribution in [-0.4, -0.2) is 45.3 Å². The Morgan fingerprint density at radius 2 is 1.70 bits per heavy atom. The first kappa shape index (κ1) is 21.0. The molecule has 1 unspecified atom stereocenters. The van der Waals surface area contributed by atoms with Gasteiger partial charge in [0.05, 0.1) is 19.3 Å². The van der Waals surface area contributed by atoms with Crippen molar-refractivity contribution in [2.24, 2.45) is 0 Å². The van der Waals surface area contributed by atoms with Crippen molar-refractivity contribution >= 4 is 8.32 Å². The van der Waals surface area contributed by atoms with Crippen LogP contribution in [0.25, 0.3) is 0 Å². The molecule has 2 fully saturated rings. The molecule has 2 aliphatic heterocycles. The van der Waals surface area contributed by atoms with E-state index >= 15 is 0 Å². The van der Waals surface area contributed by atoms with E-state index in [1.807, 2.05) is 44.2 Å². The van der Waals surface area contributed by atoms with Gasteiger partial charge in [-0.05, 0) is 37.5 Å². The molecule has 0 N–H and O–H groups in total. The third-order valence-electron chi connectivity index (χ3n) is 5.73. The van der Waals surface area contributed by atoms with Gasteiger partial charge in [-0.2, -0.15) is 0 Å². The second-order valence-electron chi connectivity index (χ2n) is 9.48. The molecule has 2 aliphatic rings. The molecular weight excluding hydrogens is 360 g/mol. The molecule has 1 aromatic rings. The molecule has 2 heterocycles. The topological polar surface area (TPSA) is 46.2 Å². The molecule has 1 aromatic carbocycles. The predicted octanol–water partition coefficient (Wildman–Crippen LogP) is 4.47. The molecule has 0 spiro atoms. The number of benzene rings is 1. The highest BCUT2D eigenvalue weighted by Crippen LogP contribution is 2.42. The van der Waals surface area contributed by atoms with Crippen LogP contribution in [0.15, 0.2) is 30.3 Å². The Morgan fingerprint density at radius 1 is 1.07 bits per heavy atom. The van der Waals surface area contributed by atoms with Crippen LogP contribution >= 0.6 is 0 Å². The fraction of sp³-hybridized carbons (Fsp3) is 0.714. The van der Waals surface area contributed by atoms with Crippen molar-refractivity contribution in [1.29, 1.82) is 0 Å². The molecule has 4 atom stereocenters. The lowest BCUT2D eigenvalue weighted by molar-refractivity contribution is -0.249. The Kier molecular flexibility index (Phi) is 5.88. The van der Waals surface area contributed by atoms with Gasteiger partial charge in [-0.3, -0.25) is 0 Å². The lowest BCUT2D eigenvalue weighted by Crippen LogP contribution is -2.57. The van der Waals surface area contributed by atoms with Crippen molar-refractivity contribution in [3.63, 3.8) is 0 Å². The molecule has 0 radical (unpaired) electrons. The van der Waals surface area contributed by atoms with Crippen molar-refractivity contribution in [2.75, 3.05) is 6.61 Å². The summed E-state index contributed by atoms with van der Waals surface area (Å²) in [7, 11) is -1.95. The second kappa shape index (κ2) is 7.58. The van der Waals surface area contributed by atoms with E-state index in [1.165, 1.54) is 0 Å². The minimum Gasteiger partial charge on any atom is -0.409 e. The molecule has 0 aromatic heterocycles. The van der Waals surface area contributed by atoms with Gasteiger partial charge < -0.3 is 23.4 Å². The third kappa shape index (κ3) is 4.81. The van der Waals surface area contributed by atoms with Crippen LogP contribution in [0.5, 0.6) is 0 Å². The van der Waals surface area contributed by atoms with E-state index in [4.69, 9.17) is 23.4 Å². The summed E-state index contributed by atoms with van der Waals surface area (Å²) in [6.07, 6.45) is -1.10. The van der Waals surface area contributed by atoms with Gasteiger partial charge in [0, 0.05) is 0 Å². The Bertz CT molecular complexity index is 625. The SMILES string of the molecule is CC1(C)O[C@@H]2[C@H](O1)C(OCc1ccccc1)OC[C@H]2O[Si](C)(C)C(C)(C)C. The summed E-state index contributed by atoms with van der Waals surface area (Å²) in [4.78, 5) is 0. The van der Waals surface area contributed by atoms with Crippen molar-refractivity contribution in [3.05, 3.63) is 35.9 Å². The lowest BCUT2D eigenvalue weighted by atomic mass is 10.1. The summed E-state index contributed by atoms with van der Waals surface area (Å²) in [5, 5.41) is 0.123. The van der Waals surface area contributed by atoms with Crippen LogP contribution in [0.1, 0.15) is 40.2 Å². The van der Waals surface area contributed by atoms with E-state index in [-0.39, 0.29) is 23.4 Å². The van der Waals surface area contributed by atoms with E-state index in [0.29, 0.717) is 13.2 Å². The maximum atomic E-state index is 6.61. The highest BCUT2D eigenvalue weighted by Gasteiger charge is 2.54. The van der Waals surface area contributed by atoms with E-state index in [0.717, 1.165) is 5.56 Å². The maximum absolute atomic E-state index is 6.61. The third-order valence-corrected chi connectivity index (χ3v) is 10.2. The average molecular weight is 395 g/mol. The summed E-state index contributed by atoms with van der Waals surface area (Å²) in [5.74, 6) is -0.674. The average Bonchev–Trinajstić information content (AvgIpc) is 2.89. The molecule has 0 saturated carbocycles. The predicted molar refractivity (Wildman–Crippen MR) is 107 cm³/mol. The molecule has 2 saturated heterocycles. The van der Waals surface area contributed by atoms with Gasteiger partial charge in [0.2, 0.25) is 0 Å². The summed E-state index contributed by atoms with van der Waals surface area (Å²) in [6.45, 7) is 16.0. The Labute approximate surface area is 164 Å². The first-order valence-electron chi connectivity index (χ1n) is 9.79. The molecule has 27 heavy (non-hydrogen) atoms. The molecule has 152 valence electrons. The largest absolute Gasteiger partial charge is 0.409 e. The van der Waals surface area contributed by atoms with E-state index in [9.17, 15) is 0 Å². The van der Waals surface area contributed by atoms with Crippen LogP contribution in [0.3, 0.4) is 0 Å². The number of hydrogen-bond acceptors (Lipinski definition) is 5. The van der Waals surface area contributed by atoms with Crippen LogP contribution in [0.2, 0.25) is 18.1 Å². The maximum Gasteiger partial charge on any atom is 0.192 e.